The summed E-state index contributed by atoms with van der Waals surface area (Å²) in [6, 6.07) is 15.2. The van der Waals surface area contributed by atoms with Gasteiger partial charge in [-0.15, -0.1) is 22.0 Å². The van der Waals surface area contributed by atoms with Gasteiger partial charge in [-0.1, -0.05) is 18.2 Å². The van der Waals surface area contributed by atoms with Gasteiger partial charge < -0.3 is 9.15 Å². The molecule has 122 valence electrons. The molecule has 3 rings (SSSR count). The van der Waals surface area contributed by atoms with Crippen LogP contribution >= 0.6 is 11.8 Å². The highest BCUT2D eigenvalue weighted by Crippen LogP contribution is 2.19. The number of ether oxygens (including phenoxy) is 1. The van der Waals surface area contributed by atoms with Crippen LogP contribution in [0.1, 0.15) is 5.89 Å². The van der Waals surface area contributed by atoms with Crippen molar-refractivity contribution in [1.29, 1.82) is 0 Å². The predicted octanol–water partition coefficient (Wildman–Crippen LogP) is 3.71. The first kappa shape index (κ1) is 16.2. The highest BCUT2D eigenvalue weighted by atomic mass is 32.2. The van der Waals surface area contributed by atoms with Crippen LogP contribution in [-0.2, 0) is 16.1 Å². The summed E-state index contributed by atoms with van der Waals surface area (Å²) >= 11 is 1.27. The molecule has 2 aromatic carbocycles. The van der Waals surface area contributed by atoms with E-state index < -0.39 is 5.97 Å². The summed E-state index contributed by atoms with van der Waals surface area (Å²) in [6.45, 7) is -0.0807. The van der Waals surface area contributed by atoms with Crippen molar-refractivity contribution in [2.45, 2.75) is 11.5 Å². The van der Waals surface area contributed by atoms with Crippen LogP contribution < -0.4 is 0 Å². The molecule has 24 heavy (non-hydrogen) atoms. The lowest BCUT2D eigenvalue weighted by atomic mass is 10.2. The number of thioether (sulfide) groups is 1. The number of nitrogens with zero attached hydrogens (tertiary/aromatic N) is 2. The van der Waals surface area contributed by atoms with Crippen molar-refractivity contribution >= 4 is 17.7 Å². The van der Waals surface area contributed by atoms with Crippen LogP contribution in [0.5, 0.6) is 0 Å². The van der Waals surface area contributed by atoms with Gasteiger partial charge in [0, 0.05) is 10.5 Å². The van der Waals surface area contributed by atoms with Crippen LogP contribution in [0.15, 0.2) is 63.9 Å². The lowest BCUT2D eigenvalue weighted by molar-refractivity contribution is -0.142. The Kier molecular flexibility index (Phi) is 5.22. The van der Waals surface area contributed by atoms with Gasteiger partial charge in [0.15, 0.2) is 6.61 Å². The van der Waals surface area contributed by atoms with Gasteiger partial charge in [-0.3, -0.25) is 4.79 Å². The average Bonchev–Trinajstić information content (AvgIpc) is 3.09. The molecule has 0 aliphatic rings. The van der Waals surface area contributed by atoms with Gasteiger partial charge >= 0.3 is 5.97 Å². The maximum atomic E-state index is 12.8. The van der Waals surface area contributed by atoms with Crippen LogP contribution in [0.25, 0.3) is 11.5 Å². The van der Waals surface area contributed by atoms with E-state index in [-0.39, 0.29) is 24.1 Å². The molecule has 3 aromatic rings. The van der Waals surface area contributed by atoms with E-state index in [1.165, 1.54) is 23.9 Å². The molecule has 0 aliphatic carbocycles. The minimum Gasteiger partial charge on any atom is -0.455 e. The van der Waals surface area contributed by atoms with E-state index in [9.17, 15) is 9.18 Å². The second-order valence-electron chi connectivity index (χ2n) is 4.77. The first-order valence-corrected chi connectivity index (χ1v) is 8.11. The van der Waals surface area contributed by atoms with Crippen molar-refractivity contribution < 1.29 is 18.3 Å². The smallest absolute Gasteiger partial charge is 0.316 e. The SMILES string of the molecule is O=C(CSc1ccc(F)cc1)OCc1nnc(-c2ccccc2)o1. The van der Waals surface area contributed by atoms with Crippen molar-refractivity contribution in [3.8, 4) is 11.5 Å². The van der Waals surface area contributed by atoms with E-state index in [2.05, 4.69) is 10.2 Å². The Balaban J connectivity index is 1.48. The van der Waals surface area contributed by atoms with Crippen LogP contribution in [0.3, 0.4) is 0 Å². The van der Waals surface area contributed by atoms with Crippen LogP contribution in [0, 0.1) is 5.82 Å². The van der Waals surface area contributed by atoms with Crippen LogP contribution in [0.4, 0.5) is 4.39 Å². The van der Waals surface area contributed by atoms with Gasteiger partial charge in [0.05, 0.1) is 5.75 Å². The molecule has 1 aromatic heterocycles. The Morgan fingerprint density at radius 3 is 2.58 bits per heavy atom. The fourth-order valence-electron chi connectivity index (χ4n) is 1.87. The molecule has 0 N–H and O–H groups in total. The van der Waals surface area contributed by atoms with E-state index in [0.717, 1.165) is 10.5 Å². The topological polar surface area (TPSA) is 65.2 Å². The molecule has 0 bridgehead atoms. The summed E-state index contributed by atoms with van der Waals surface area (Å²) in [5, 5.41) is 7.77. The Morgan fingerprint density at radius 1 is 1.08 bits per heavy atom. The Hall–Kier alpha value is -2.67. The molecule has 0 radical (unpaired) electrons. The van der Waals surface area contributed by atoms with Gasteiger partial charge in [0.1, 0.15) is 5.82 Å². The Morgan fingerprint density at radius 2 is 1.83 bits per heavy atom. The highest BCUT2D eigenvalue weighted by Gasteiger charge is 2.11. The van der Waals surface area contributed by atoms with Crippen LogP contribution in [-0.4, -0.2) is 21.9 Å². The molecule has 0 saturated carbocycles. The molecule has 0 fully saturated rings. The normalized spacial score (nSPS) is 10.5. The van der Waals surface area contributed by atoms with Gasteiger partial charge in [0.25, 0.3) is 5.89 Å². The molecule has 1 heterocycles. The second-order valence-corrected chi connectivity index (χ2v) is 5.82. The minimum atomic E-state index is -0.413. The number of hydrogen-bond donors (Lipinski definition) is 0. The van der Waals surface area contributed by atoms with E-state index in [0.29, 0.717) is 5.89 Å². The Bertz CT molecular complexity index is 806. The summed E-state index contributed by atoms with van der Waals surface area (Å²) in [7, 11) is 0. The molecular formula is C17H13FN2O3S. The van der Waals surface area contributed by atoms with Crippen molar-refractivity contribution in [3.63, 3.8) is 0 Å². The standard InChI is InChI=1S/C17H13FN2O3S/c18-13-6-8-14(9-7-13)24-11-16(21)22-10-15-19-20-17(23-15)12-4-2-1-3-5-12/h1-9H,10-11H2. The molecule has 0 unspecified atom stereocenters. The number of carbonyl (C=O) groups excluding carboxylic acids is 1. The van der Waals surface area contributed by atoms with Crippen molar-refractivity contribution in [3.05, 3.63) is 66.3 Å². The quantitative estimate of drug-likeness (QED) is 0.502. The van der Waals surface area contributed by atoms with Crippen molar-refractivity contribution in [2.75, 3.05) is 5.75 Å². The molecule has 0 spiro atoms. The number of esters is 1. The van der Waals surface area contributed by atoms with E-state index >= 15 is 0 Å². The largest absolute Gasteiger partial charge is 0.455 e. The first-order valence-electron chi connectivity index (χ1n) is 7.12. The minimum absolute atomic E-state index is 0.0807. The lowest BCUT2D eigenvalue weighted by Crippen LogP contribution is -2.07. The molecule has 0 atom stereocenters. The van der Waals surface area contributed by atoms with Gasteiger partial charge in [-0.2, -0.15) is 0 Å². The van der Waals surface area contributed by atoms with Crippen LogP contribution in [0.2, 0.25) is 0 Å². The molecule has 5 nitrogen and oxygen atoms in total. The number of benzene rings is 2. The number of hydrogen-bond acceptors (Lipinski definition) is 6. The molecule has 0 saturated heterocycles. The fourth-order valence-corrected chi connectivity index (χ4v) is 2.56. The maximum Gasteiger partial charge on any atom is 0.316 e. The molecule has 7 heteroatoms. The van der Waals surface area contributed by atoms with E-state index in [4.69, 9.17) is 9.15 Å². The summed E-state index contributed by atoms with van der Waals surface area (Å²) in [6.07, 6.45) is 0. The third-order valence-electron chi connectivity index (χ3n) is 3.01. The third-order valence-corrected chi connectivity index (χ3v) is 4.00. The molecule has 0 amide bonds. The van der Waals surface area contributed by atoms with Gasteiger partial charge in [0.2, 0.25) is 5.89 Å². The zero-order chi connectivity index (χ0) is 16.8. The first-order chi connectivity index (χ1) is 11.7. The van der Waals surface area contributed by atoms with E-state index in [1.807, 2.05) is 30.3 Å². The zero-order valence-corrected chi connectivity index (χ0v) is 13.3. The number of halogens is 1. The fraction of sp³-hybridized carbons (Fsp3) is 0.118. The summed E-state index contributed by atoms with van der Waals surface area (Å²) in [4.78, 5) is 12.5. The predicted molar refractivity (Wildman–Crippen MR) is 86.7 cm³/mol. The number of rotatable bonds is 6. The van der Waals surface area contributed by atoms with Gasteiger partial charge in [-0.25, -0.2) is 4.39 Å². The number of aromatic nitrogens is 2. The summed E-state index contributed by atoms with van der Waals surface area (Å²) in [5.74, 6) is -0.00154. The Labute approximate surface area is 141 Å². The third kappa shape index (κ3) is 4.42. The van der Waals surface area contributed by atoms with E-state index in [1.54, 1.807) is 12.1 Å². The monoisotopic (exact) mass is 344 g/mol. The summed E-state index contributed by atoms with van der Waals surface area (Å²) in [5.41, 5.74) is 0.800. The summed E-state index contributed by atoms with van der Waals surface area (Å²) < 4.78 is 23.3. The lowest BCUT2D eigenvalue weighted by Gasteiger charge is -2.02. The number of carbonyl (C=O) groups is 1. The molecule has 0 aliphatic heterocycles. The average molecular weight is 344 g/mol. The van der Waals surface area contributed by atoms with Crippen molar-refractivity contribution in [2.24, 2.45) is 0 Å². The second kappa shape index (κ2) is 7.74. The zero-order valence-electron chi connectivity index (χ0n) is 12.5. The van der Waals surface area contributed by atoms with Crippen molar-refractivity contribution in [1.82, 2.24) is 10.2 Å². The highest BCUT2D eigenvalue weighted by molar-refractivity contribution is 8.00. The molecular weight excluding hydrogens is 331 g/mol. The maximum absolute atomic E-state index is 12.8. The van der Waals surface area contributed by atoms with Gasteiger partial charge in [-0.05, 0) is 36.4 Å².